The highest BCUT2D eigenvalue weighted by atomic mass is 32.2. The van der Waals surface area contributed by atoms with E-state index in [1.165, 1.54) is 0 Å². The number of rotatable bonds is 0. The van der Waals surface area contributed by atoms with Crippen molar-refractivity contribution in [2.24, 2.45) is 5.92 Å². The van der Waals surface area contributed by atoms with Crippen LogP contribution in [0, 0.1) is 17.2 Å². The third-order valence-electron chi connectivity index (χ3n) is 1.74. The molecule has 0 atom stereocenters. The highest BCUT2D eigenvalue weighted by Gasteiger charge is 2.22. The molecule has 10 heavy (non-hydrogen) atoms. The second-order valence-electron chi connectivity index (χ2n) is 2.56. The molecule has 0 aromatic carbocycles. The minimum Gasteiger partial charge on any atom is -0.229 e. The molecule has 1 fully saturated rings. The van der Waals surface area contributed by atoms with Crippen molar-refractivity contribution in [1.82, 2.24) is 0 Å². The second-order valence-corrected chi connectivity index (χ2v) is 4.86. The average molecular weight is 159 g/mol. The van der Waals surface area contributed by atoms with Gasteiger partial charge in [0.25, 0.3) is 0 Å². The van der Waals surface area contributed by atoms with Crippen molar-refractivity contribution < 1.29 is 8.42 Å². The van der Waals surface area contributed by atoms with E-state index in [9.17, 15) is 8.42 Å². The van der Waals surface area contributed by atoms with Gasteiger partial charge < -0.3 is 0 Å². The quantitative estimate of drug-likeness (QED) is 0.512. The molecule has 0 aromatic heterocycles. The molecule has 0 radical (unpaired) electrons. The summed E-state index contributed by atoms with van der Waals surface area (Å²) in [6.07, 6.45) is 1.05. The number of hydrogen-bond donors (Lipinski definition) is 0. The maximum absolute atomic E-state index is 10.8. The van der Waals surface area contributed by atoms with Crippen LogP contribution in [0.3, 0.4) is 0 Å². The van der Waals surface area contributed by atoms with Crippen molar-refractivity contribution in [3.8, 4) is 6.07 Å². The molecule has 0 saturated carbocycles. The van der Waals surface area contributed by atoms with E-state index < -0.39 is 9.84 Å². The fraction of sp³-hybridized carbons (Fsp3) is 0.833. The molecule has 1 heterocycles. The van der Waals surface area contributed by atoms with Gasteiger partial charge in [-0.05, 0) is 12.8 Å². The van der Waals surface area contributed by atoms with Crippen LogP contribution in [0.2, 0.25) is 0 Å². The van der Waals surface area contributed by atoms with E-state index in [-0.39, 0.29) is 17.4 Å². The lowest BCUT2D eigenvalue weighted by Gasteiger charge is -2.14. The topological polar surface area (TPSA) is 57.9 Å². The van der Waals surface area contributed by atoms with E-state index in [2.05, 4.69) is 6.07 Å². The Morgan fingerprint density at radius 3 is 2.20 bits per heavy atom. The predicted molar refractivity (Wildman–Crippen MR) is 37.0 cm³/mol. The molecule has 1 aliphatic heterocycles. The molecule has 0 spiro atoms. The van der Waals surface area contributed by atoms with Gasteiger partial charge in [-0.3, -0.25) is 0 Å². The van der Waals surface area contributed by atoms with Crippen LogP contribution in [0.4, 0.5) is 0 Å². The first kappa shape index (κ1) is 7.55. The van der Waals surface area contributed by atoms with Crippen LogP contribution in [0.15, 0.2) is 0 Å². The van der Waals surface area contributed by atoms with E-state index in [1.807, 2.05) is 0 Å². The third kappa shape index (κ3) is 1.71. The van der Waals surface area contributed by atoms with Gasteiger partial charge in [0.05, 0.1) is 17.6 Å². The Bertz CT molecular complexity index is 235. The Balaban J connectivity index is 2.56. The molecule has 1 aliphatic rings. The van der Waals surface area contributed by atoms with E-state index in [0.717, 1.165) is 0 Å². The monoisotopic (exact) mass is 159 g/mol. The first-order valence-corrected chi connectivity index (χ1v) is 5.06. The molecule has 0 bridgehead atoms. The van der Waals surface area contributed by atoms with Crippen molar-refractivity contribution in [3.63, 3.8) is 0 Å². The third-order valence-corrected chi connectivity index (χ3v) is 3.45. The zero-order chi connectivity index (χ0) is 7.61. The normalized spacial score (nSPS) is 25.5. The zero-order valence-corrected chi connectivity index (χ0v) is 6.39. The summed E-state index contributed by atoms with van der Waals surface area (Å²) in [7, 11) is -2.78. The first-order valence-electron chi connectivity index (χ1n) is 3.24. The molecule has 1 rings (SSSR count). The molecule has 0 amide bonds. The van der Waals surface area contributed by atoms with Gasteiger partial charge in [0.15, 0.2) is 0 Å². The fourth-order valence-corrected chi connectivity index (χ4v) is 2.51. The standard InChI is InChI=1S/C6H9NO2S/c7-5-6-1-3-10(8,9)4-2-6/h6H,1-4H2. The summed E-state index contributed by atoms with van der Waals surface area (Å²) < 4.78 is 21.6. The highest BCUT2D eigenvalue weighted by Crippen LogP contribution is 2.17. The van der Waals surface area contributed by atoms with Crippen molar-refractivity contribution >= 4 is 9.84 Å². The van der Waals surface area contributed by atoms with Crippen molar-refractivity contribution in [2.75, 3.05) is 11.5 Å². The van der Waals surface area contributed by atoms with Gasteiger partial charge in [0.1, 0.15) is 9.84 Å². The lowest BCUT2D eigenvalue weighted by molar-refractivity contribution is 0.540. The SMILES string of the molecule is N#CC1CCS(=O)(=O)CC1. The smallest absolute Gasteiger partial charge is 0.150 e. The summed E-state index contributed by atoms with van der Waals surface area (Å²) in [6.45, 7) is 0. The number of nitrogens with zero attached hydrogens (tertiary/aromatic N) is 1. The zero-order valence-electron chi connectivity index (χ0n) is 5.58. The molecule has 0 unspecified atom stereocenters. The maximum atomic E-state index is 10.8. The minimum absolute atomic E-state index is 0.0245. The van der Waals surface area contributed by atoms with Gasteiger partial charge in [0, 0.05) is 5.92 Å². The van der Waals surface area contributed by atoms with E-state index >= 15 is 0 Å². The lowest BCUT2D eigenvalue weighted by atomic mass is 10.1. The Labute approximate surface area is 60.6 Å². The Kier molecular flexibility index (Phi) is 1.95. The van der Waals surface area contributed by atoms with Crippen LogP contribution in [0.25, 0.3) is 0 Å². The van der Waals surface area contributed by atoms with Crippen molar-refractivity contribution in [2.45, 2.75) is 12.8 Å². The van der Waals surface area contributed by atoms with Crippen LogP contribution in [-0.4, -0.2) is 19.9 Å². The van der Waals surface area contributed by atoms with Gasteiger partial charge in [0.2, 0.25) is 0 Å². The van der Waals surface area contributed by atoms with Crippen LogP contribution in [-0.2, 0) is 9.84 Å². The van der Waals surface area contributed by atoms with E-state index in [4.69, 9.17) is 5.26 Å². The summed E-state index contributed by atoms with van der Waals surface area (Å²) in [5.74, 6) is 0.375. The Hall–Kier alpha value is -0.560. The van der Waals surface area contributed by atoms with E-state index in [1.54, 1.807) is 0 Å². The second kappa shape index (κ2) is 2.59. The van der Waals surface area contributed by atoms with Gasteiger partial charge in [-0.2, -0.15) is 5.26 Å². The largest absolute Gasteiger partial charge is 0.229 e. The number of hydrogen-bond acceptors (Lipinski definition) is 3. The predicted octanol–water partition coefficient (Wildman–Crippen LogP) is 0.335. The van der Waals surface area contributed by atoms with E-state index in [0.29, 0.717) is 12.8 Å². The summed E-state index contributed by atoms with van der Waals surface area (Å²) in [5.41, 5.74) is 0. The van der Waals surface area contributed by atoms with Crippen LogP contribution < -0.4 is 0 Å². The molecule has 0 N–H and O–H groups in total. The van der Waals surface area contributed by atoms with Gasteiger partial charge in [-0.15, -0.1) is 0 Å². The minimum atomic E-state index is -2.78. The van der Waals surface area contributed by atoms with Crippen molar-refractivity contribution in [1.29, 1.82) is 5.26 Å². The molecular formula is C6H9NO2S. The van der Waals surface area contributed by atoms with Crippen LogP contribution in [0.1, 0.15) is 12.8 Å². The summed E-state index contributed by atoms with van der Waals surface area (Å²) >= 11 is 0. The van der Waals surface area contributed by atoms with Gasteiger partial charge in [-0.1, -0.05) is 0 Å². The van der Waals surface area contributed by atoms with Gasteiger partial charge >= 0.3 is 0 Å². The van der Waals surface area contributed by atoms with Crippen LogP contribution >= 0.6 is 0 Å². The average Bonchev–Trinajstić information content (AvgIpc) is 1.88. The summed E-state index contributed by atoms with van der Waals surface area (Å²) in [5, 5.41) is 8.42. The number of sulfone groups is 1. The summed E-state index contributed by atoms with van der Waals surface area (Å²) in [6, 6.07) is 2.08. The van der Waals surface area contributed by atoms with Gasteiger partial charge in [-0.25, -0.2) is 8.42 Å². The maximum Gasteiger partial charge on any atom is 0.150 e. The molecule has 3 nitrogen and oxygen atoms in total. The molecule has 0 aromatic rings. The molecule has 56 valence electrons. The molecular weight excluding hydrogens is 150 g/mol. The number of nitriles is 1. The van der Waals surface area contributed by atoms with Crippen molar-refractivity contribution in [3.05, 3.63) is 0 Å². The Morgan fingerprint density at radius 1 is 1.30 bits per heavy atom. The lowest BCUT2D eigenvalue weighted by Crippen LogP contribution is -2.22. The summed E-state index contributed by atoms with van der Waals surface area (Å²) in [4.78, 5) is 0. The first-order chi connectivity index (χ1) is 4.64. The molecule has 4 heteroatoms. The highest BCUT2D eigenvalue weighted by molar-refractivity contribution is 7.91. The Morgan fingerprint density at radius 2 is 1.80 bits per heavy atom. The fourth-order valence-electron chi connectivity index (χ4n) is 1.02. The molecule has 0 aliphatic carbocycles. The van der Waals surface area contributed by atoms with Crippen LogP contribution in [0.5, 0.6) is 0 Å². The molecule has 1 saturated heterocycles.